The first kappa shape index (κ1) is 28.2. The molecule has 0 radical (unpaired) electrons. The number of pyridine rings is 1. The minimum Gasteiger partial charge on any atom is -0.453 e. The molecule has 1 aliphatic heterocycles. The van der Waals surface area contributed by atoms with Crippen molar-refractivity contribution >= 4 is 15.7 Å². The van der Waals surface area contributed by atoms with Crippen LogP contribution in [0.25, 0.3) is 0 Å². The molecule has 1 saturated carbocycles. The van der Waals surface area contributed by atoms with E-state index in [0.29, 0.717) is 25.1 Å². The zero-order valence-corrected chi connectivity index (χ0v) is 22.6. The number of nitrogens with one attached hydrogen (secondary N) is 1. The van der Waals surface area contributed by atoms with E-state index in [0.717, 1.165) is 11.3 Å². The molecule has 0 aromatic carbocycles. The zero-order chi connectivity index (χ0) is 27.7. The van der Waals surface area contributed by atoms with E-state index >= 15 is 0 Å². The summed E-state index contributed by atoms with van der Waals surface area (Å²) in [5, 5.41) is 2.76. The van der Waals surface area contributed by atoms with E-state index in [9.17, 15) is 26.4 Å². The highest BCUT2D eigenvalue weighted by Gasteiger charge is 2.41. The van der Waals surface area contributed by atoms with Gasteiger partial charge in [0, 0.05) is 18.3 Å². The predicted molar refractivity (Wildman–Crippen MR) is 136 cm³/mol. The molecule has 1 aliphatic carbocycles. The van der Waals surface area contributed by atoms with Gasteiger partial charge in [-0.15, -0.1) is 0 Å². The van der Waals surface area contributed by atoms with E-state index in [4.69, 9.17) is 4.42 Å². The van der Waals surface area contributed by atoms with Crippen LogP contribution in [0.15, 0.2) is 46.0 Å². The Morgan fingerprint density at radius 3 is 2.53 bits per heavy atom. The maximum atomic E-state index is 13.0. The van der Waals surface area contributed by atoms with Crippen molar-refractivity contribution in [3.05, 3.63) is 59.4 Å². The molecule has 1 unspecified atom stereocenters. The Bertz CT molecular complexity index is 1260. The van der Waals surface area contributed by atoms with E-state index in [1.54, 1.807) is 19.1 Å². The summed E-state index contributed by atoms with van der Waals surface area (Å²) in [6, 6.07) is 4.70. The molecule has 1 N–H and O–H groups in total. The summed E-state index contributed by atoms with van der Waals surface area (Å²) in [5.41, 5.74) is 1.43. The molecule has 0 saturated heterocycles. The van der Waals surface area contributed by atoms with Gasteiger partial charge in [0.1, 0.15) is 5.76 Å². The highest BCUT2D eigenvalue weighted by molar-refractivity contribution is 7.91. The second kappa shape index (κ2) is 11.1. The molecule has 0 bridgehead atoms. The summed E-state index contributed by atoms with van der Waals surface area (Å²) in [5.74, 6) is -0.365. The van der Waals surface area contributed by atoms with Crippen molar-refractivity contribution in [3.8, 4) is 0 Å². The quantitative estimate of drug-likeness (QED) is 0.445. The molecule has 3 heterocycles. The van der Waals surface area contributed by atoms with Crippen LogP contribution in [0.4, 0.5) is 13.2 Å². The molecule has 208 valence electrons. The Kier molecular flexibility index (Phi) is 8.25. The van der Waals surface area contributed by atoms with Crippen molar-refractivity contribution in [1.29, 1.82) is 0 Å². The van der Waals surface area contributed by atoms with Crippen LogP contribution in [0.5, 0.6) is 0 Å². The first-order valence-electron chi connectivity index (χ1n) is 13.0. The molecule has 11 heteroatoms. The van der Waals surface area contributed by atoms with Crippen molar-refractivity contribution in [2.24, 2.45) is 17.8 Å². The maximum Gasteiger partial charge on any atom is 0.391 e. The van der Waals surface area contributed by atoms with Crippen molar-refractivity contribution in [1.82, 2.24) is 15.2 Å². The predicted octanol–water partition coefficient (Wildman–Crippen LogP) is 5.79. The third-order valence-electron chi connectivity index (χ3n) is 7.43. The third kappa shape index (κ3) is 6.24. The van der Waals surface area contributed by atoms with Crippen molar-refractivity contribution in [3.63, 3.8) is 0 Å². The summed E-state index contributed by atoms with van der Waals surface area (Å²) in [7, 11) is -3.34. The van der Waals surface area contributed by atoms with Gasteiger partial charge in [-0.25, -0.2) is 8.42 Å². The fraction of sp³-hybridized carbons (Fsp3) is 0.556. The standard InChI is InChI=1S/C27H34F3N3O4S/c1-4-38(35,36)22-10-9-21(31-15-22)14-32-26(34)23-13-19-16-33(24(17(2)3)25(19)37-23)12-11-18-5-7-20(8-6-18)27(28,29)30/h9-13,15,17-18,20,24H,4-8,14,16H2,1-3H3,(H,32,34)/b12-11+/t18-,20-,24?. The second-order valence-electron chi connectivity index (χ2n) is 10.4. The monoisotopic (exact) mass is 553 g/mol. The summed E-state index contributed by atoms with van der Waals surface area (Å²) in [6.45, 7) is 6.36. The van der Waals surface area contributed by atoms with E-state index in [1.165, 1.54) is 12.3 Å². The molecule has 0 spiro atoms. The second-order valence-corrected chi connectivity index (χ2v) is 12.7. The summed E-state index contributed by atoms with van der Waals surface area (Å²) < 4.78 is 68.7. The van der Waals surface area contributed by atoms with Gasteiger partial charge < -0.3 is 14.6 Å². The number of hydrogen-bond donors (Lipinski definition) is 1. The van der Waals surface area contributed by atoms with Gasteiger partial charge in [-0.1, -0.05) is 26.8 Å². The van der Waals surface area contributed by atoms with Crippen LogP contribution in [-0.4, -0.2) is 36.1 Å². The van der Waals surface area contributed by atoms with Gasteiger partial charge in [-0.2, -0.15) is 13.2 Å². The lowest BCUT2D eigenvalue weighted by molar-refractivity contribution is -0.183. The summed E-state index contributed by atoms with van der Waals surface area (Å²) in [4.78, 5) is 19.2. The number of hydrogen-bond acceptors (Lipinski definition) is 6. The minimum absolute atomic E-state index is 0.0124. The normalized spacial score (nSPS) is 22.3. The number of rotatable bonds is 8. The summed E-state index contributed by atoms with van der Waals surface area (Å²) in [6.07, 6.45) is 2.58. The minimum atomic E-state index is -4.11. The highest BCUT2D eigenvalue weighted by atomic mass is 32.2. The molecule has 4 rings (SSSR count). The number of alkyl halides is 3. The lowest BCUT2D eigenvalue weighted by atomic mass is 9.81. The molecule has 2 aromatic heterocycles. The molecule has 7 nitrogen and oxygen atoms in total. The number of halogens is 3. The third-order valence-corrected chi connectivity index (χ3v) is 9.15. The lowest BCUT2D eigenvalue weighted by Crippen LogP contribution is -2.27. The molecule has 2 aromatic rings. The van der Waals surface area contributed by atoms with Crippen LogP contribution < -0.4 is 5.32 Å². The Hall–Kier alpha value is -2.82. The number of aromatic nitrogens is 1. The SMILES string of the molecule is CCS(=O)(=O)c1ccc(CNC(=O)c2cc3c(o2)C(C(C)C)N(/C=C/[C@H]2CC[C@H](C(F)(F)F)CC2)C3)nc1. The van der Waals surface area contributed by atoms with E-state index in [2.05, 4.69) is 29.0 Å². The number of nitrogens with zero attached hydrogens (tertiary/aromatic N) is 2. The van der Waals surface area contributed by atoms with Crippen LogP contribution >= 0.6 is 0 Å². The Morgan fingerprint density at radius 2 is 1.95 bits per heavy atom. The van der Waals surface area contributed by atoms with Gasteiger partial charge in [0.2, 0.25) is 0 Å². The number of furan rings is 1. The number of fused-ring (bicyclic) bond motifs is 1. The Labute approximate surface area is 221 Å². The molecule has 1 amide bonds. The number of sulfone groups is 1. The highest BCUT2D eigenvalue weighted by Crippen LogP contribution is 2.42. The molecule has 2 aliphatic rings. The van der Waals surface area contributed by atoms with E-state index in [-0.39, 0.29) is 53.7 Å². The van der Waals surface area contributed by atoms with Crippen LogP contribution in [0.1, 0.15) is 80.1 Å². The van der Waals surface area contributed by atoms with Gasteiger partial charge in [0.25, 0.3) is 5.91 Å². The number of carbonyl (C=O) groups excluding carboxylic acids is 1. The molecule has 1 fully saturated rings. The Morgan fingerprint density at radius 1 is 1.24 bits per heavy atom. The number of carbonyl (C=O) groups is 1. The average molecular weight is 554 g/mol. The topological polar surface area (TPSA) is 92.5 Å². The van der Waals surface area contributed by atoms with Crippen molar-refractivity contribution in [2.75, 3.05) is 5.75 Å². The Balaban J connectivity index is 1.36. The van der Waals surface area contributed by atoms with Crippen LogP contribution in [0, 0.1) is 17.8 Å². The van der Waals surface area contributed by atoms with Gasteiger partial charge in [0.05, 0.1) is 34.8 Å². The van der Waals surface area contributed by atoms with Gasteiger partial charge >= 0.3 is 6.18 Å². The maximum absolute atomic E-state index is 13.0. The summed E-state index contributed by atoms with van der Waals surface area (Å²) >= 11 is 0. The van der Waals surface area contributed by atoms with Crippen LogP contribution in [0.2, 0.25) is 0 Å². The first-order valence-corrected chi connectivity index (χ1v) is 14.6. The molecule has 1 atom stereocenters. The van der Waals surface area contributed by atoms with Gasteiger partial charge in [-0.05, 0) is 61.9 Å². The largest absolute Gasteiger partial charge is 0.453 e. The average Bonchev–Trinajstić information content (AvgIpc) is 3.43. The first-order chi connectivity index (χ1) is 17.9. The van der Waals surface area contributed by atoms with E-state index in [1.807, 2.05) is 12.3 Å². The molecular weight excluding hydrogens is 519 g/mol. The van der Waals surface area contributed by atoms with Crippen LogP contribution in [0.3, 0.4) is 0 Å². The fourth-order valence-corrected chi connectivity index (χ4v) is 6.02. The van der Waals surface area contributed by atoms with Crippen molar-refractivity contribution in [2.45, 2.75) is 76.7 Å². The van der Waals surface area contributed by atoms with Crippen LogP contribution in [-0.2, 0) is 22.9 Å². The van der Waals surface area contributed by atoms with Gasteiger partial charge in [-0.3, -0.25) is 9.78 Å². The molecule has 38 heavy (non-hydrogen) atoms. The lowest BCUT2D eigenvalue weighted by Gasteiger charge is -2.30. The number of amides is 1. The van der Waals surface area contributed by atoms with Gasteiger partial charge in [0.15, 0.2) is 15.6 Å². The van der Waals surface area contributed by atoms with Crippen molar-refractivity contribution < 1.29 is 30.8 Å². The zero-order valence-electron chi connectivity index (χ0n) is 21.8. The number of allylic oxidation sites excluding steroid dienone is 1. The molecular formula is C27H34F3N3O4S. The van der Waals surface area contributed by atoms with E-state index < -0.39 is 27.8 Å². The fourth-order valence-electron chi connectivity index (χ4n) is 5.20. The smallest absolute Gasteiger partial charge is 0.391 e.